The Morgan fingerprint density at radius 3 is 2.90 bits per heavy atom. The maximum Gasteiger partial charge on any atom is 0.254 e. The second-order valence-electron chi connectivity index (χ2n) is 4.48. The van der Waals surface area contributed by atoms with Gasteiger partial charge in [-0.25, -0.2) is 4.39 Å². The number of benzene rings is 1. The number of amides is 2. The molecule has 1 aromatic carbocycles. The van der Waals surface area contributed by atoms with E-state index in [2.05, 4.69) is 5.32 Å². The van der Waals surface area contributed by atoms with Crippen molar-refractivity contribution in [3.05, 3.63) is 34.6 Å². The first-order chi connectivity index (χ1) is 9.52. The van der Waals surface area contributed by atoms with Crippen LogP contribution >= 0.6 is 11.6 Å². The summed E-state index contributed by atoms with van der Waals surface area (Å²) in [7, 11) is 0. The lowest BCUT2D eigenvalue weighted by molar-refractivity contribution is -0.128. The molecule has 1 aliphatic heterocycles. The normalized spacial score (nSPS) is 18.9. The molecule has 108 valence electrons. The first-order valence-electron chi connectivity index (χ1n) is 6.18. The molecule has 1 saturated heterocycles. The molecule has 5 nitrogen and oxygen atoms in total. The lowest BCUT2D eigenvalue weighted by Gasteiger charge is -2.34. The second kappa shape index (κ2) is 6.19. The van der Waals surface area contributed by atoms with Crippen LogP contribution in [0.2, 0.25) is 5.02 Å². The monoisotopic (exact) mass is 300 g/mol. The van der Waals surface area contributed by atoms with Crippen molar-refractivity contribution in [1.29, 1.82) is 0 Å². The van der Waals surface area contributed by atoms with Crippen LogP contribution in [0.4, 0.5) is 4.39 Å². The predicted molar refractivity (Wildman–Crippen MR) is 70.9 cm³/mol. The number of nitrogens with zero attached hydrogens (tertiary/aromatic N) is 1. The van der Waals surface area contributed by atoms with Crippen molar-refractivity contribution in [2.45, 2.75) is 12.5 Å². The molecule has 0 radical (unpaired) electrons. The number of piperazine rings is 1. The van der Waals surface area contributed by atoms with Crippen molar-refractivity contribution in [1.82, 2.24) is 10.2 Å². The van der Waals surface area contributed by atoms with E-state index >= 15 is 0 Å². The van der Waals surface area contributed by atoms with E-state index in [1.54, 1.807) is 0 Å². The number of aliphatic hydroxyl groups excluding tert-OH is 1. The molecule has 0 bridgehead atoms. The zero-order valence-corrected chi connectivity index (χ0v) is 11.4. The van der Waals surface area contributed by atoms with E-state index in [1.165, 1.54) is 11.0 Å². The minimum Gasteiger partial charge on any atom is -0.396 e. The summed E-state index contributed by atoms with van der Waals surface area (Å²) in [5.74, 6) is -1.40. The van der Waals surface area contributed by atoms with Crippen molar-refractivity contribution in [2.24, 2.45) is 0 Å². The van der Waals surface area contributed by atoms with E-state index < -0.39 is 17.8 Å². The lowest BCUT2D eigenvalue weighted by Crippen LogP contribution is -2.57. The summed E-state index contributed by atoms with van der Waals surface area (Å²) < 4.78 is 13.3. The molecule has 7 heteroatoms. The first kappa shape index (κ1) is 14.7. The number of hydrogen-bond acceptors (Lipinski definition) is 3. The van der Waals surface area contributed by atoms with Gasteiger partial charge in [-0.1, -0.05) is 11.6 Å². The Kier molecular flexibility index (Phi) is 4.57. The highest BCUT2D eigenvalue weighted by Crippen LogP contribution is 2.18. The number of carbonyl (C=O) groups is 2. The van der Waals surface area contributed by atoms with Gasteiger partial charge in [-0.05, 0) is 24.6 Å². The quantitative estimate of drug-likeness (QED) is 0.867. The van der Waals surface area contributed by atoms with E-state index in [-0.39, 0.29) is 29.5 Å². The summed E-state index contributed by atoms with van der Waals surface area (Å²) in [4.78, 5) is 25.5. The Balaban J connectivity index is 2.27. The molecule has 0 aromatic heterocycles. The number of carbonyl (C=O) groups excluding carboxylic acids is 2. The summed E-state index contributed by atoms with van der Waals surface area (Å²) >= 11 is 5.73. The van der Waals surface area contributed by atoms with Crippen LogP contribution in [0.25, 0.3) is 0 Å². The predicted octanol–water partition coefficient (Wildman–Crippen LogP) is 0.802. The van der Waals surface area contributed by atoms with Gasteiger partial charge in [0.1, 0.15) is 11.9 Å². The van der Waals surface area contributed by atoms with Gasteiger partial charge in [0.2, 0.25) is 5.91 Å². The highest BCUT2D eigenvalue weighted by molar-refractivity contribution is 6.31. The fourth-order valence-electron chi connectivity index (χ4n) is 2.21. The van der Waals surface area contributed by atoms with Gasteiger partial charge in [0.15, 0.2) is 0 Å². The van der Waals surface area contributed by atoms with Gasteiger partial charge in [-0.15, -0.1) is 0 Å². The van der Waals surface area contributed by atoms with Crippen LogP contribution in [0.15, 0.2) is 18.2 Å². The number of nitrogens with one attached hydrogen (secondary N) is 1. The van der Waals surface area contributed by atoms with Crippen LogP contribution in [0, 0.1) is 5.82 Å². The van der Waals surface area contributed by atoms with Gasteiger partial charge in [-0.3, -0.25) is 9.59 Å². The molecule has 1 aliphatic rings. The number of hydrogen-bond donors (Lipinski definition) is 2. The van der Waals surface area contributed by atoms with Crippen LogP contribution in [-0.2, 0) is 4.79 Å². The van der Waals surface area contributed by atoms with Gasteiger partial charge in [-0.2, -0.15) is 0 Å². The van der Waals surface area contributed by atoms with Gasteiger partial charge in [0, 0.05) is 30.3 Å². The topological polar surface area (TPSA) is 69.6 Å². The molecule has 2 N–H and O–H groups in total. The molecule has 0 saturated carbocycles. The van der Waals surface area contributed by atoms with E-state index in [1.807, 2.05) is 0 Å². The Labute approximate surface area is 120 Å². The lowest BCUT2D eigenvalue weighted by atomic mass is 10.1. The number of aliphatic hydroxyl groups is 1. The molecule has 2 amide bonds. The van der Waals surface area contributed by atoms with Crippen molar-refractivity contribution in [3.8, 4) is 0 Å². The average molecular weight is 301 g/mol. The van der Waals surface area contributed by atoms with Crippen LogP contribution < -0.4 is 5.32 Å². The molecular weight excluding hydrogens is 287 g/mol. The highest BCUT2D eigenvalue weighted by Gasteiger charge is 2.33. The number of rotatable bonds is 3. The minimum absolute atomic E-state index is 0.0904. The van der Waals surface area contributed by atoms with E-state index in [0.717, 1.165) is 12.1 Å². The Morgan fingerprint density at radius 2 is 2.25 bits per heavy atom. The van der Waals surface area contributed by atoms with Crippen LogP contribution in [0.1, 0.15) is 16.8 Å². The molecule has 1 unspecified atom stereocenters. The maximum atomic E-state index is 13.3. The zero-order chi connectivity index (χ0) is 14.7. The Hall–Kier alpha value is -1.66. The Morgan fingerprint density at radius 1 is 1.50 bits per heavy atom. The minimum atomic E-state index is -0.747. The second-order valence-corrected chi connectivity index (χ2v) is 4.91. The van der Waals surface area contributed by atoms with Gasteiger partial charge in [0.05, 0.1) is 0 Å². The molecule has 1 heterocycles. The summed E-state index contributed by atoms with van der Waals surface area (Å²) in [6.07, 6.45) is 0.140. The van der Waals surface area contributed by atoms with E-state index in [0.29, 0.717) is 13.1 Å². The smallest absolute Gasteiger partial charge is 0.254 e. The van der Waals surface area contributed by atoms with E-state index in [9.17, 15) is 14.0 Å². The average Bonchev–Trinajstić information content (AvgIpc) is 2.39. The van der Waals surface area contributed by atoms with Crippen molar-refractivity contribution in [2.75, 3.05) is 19.7 Å². The molecule has 20 heavy (non-hydrogen) atoms. The van der Waals surface area contributed by atoms with Crippen LogP contribution in [0.3, 0.4) is 0 Å². The molecule has 1 aromatic rings. The molecule has 2 rings (SSSR count). The molecular formula is C13H14ClFN2O3. The third kappa shape index (κ3) is 3.08. The van der Waals surface area contributed by atoms with Gasteiger partial charge >= 0.3 is 0 Å². The van der Waals surface area contributed by atoms with E-state index in [4.69, 9.17) is 16.7 Å². The molecule has 0 spiro atoms. The van der Waals surface area contributed by atoms with Crippen LogP contribution in [0.5, 0.6) is 0 Å². The third-order valence-corrected chi connectivity index (χ3v) is 3.32. The highest BCUT2D eigenvalue weighted by atomic mass is 35.5. The fourth-order valence-corrected chi connectivity index (χ4v) is 2.43. The summed E-state index contributed by atoms with van der Waals surface area (Å²) in [5.41, 5.74) is 0.0904. The van der Waals surface area contributed by atoms with Gasteiger partial charge in [0.25, 0.3) is 5.91 Å². The van der Waals surface area contributed by atoms with Crippen molar-refractivity contribution >= 4 is 23.4 Å². The Bertz CT molecular complexity index is 518. The van der Waals surface area contributed by atoms with Crippen molar-refractivity contribution < 1.29 is 19.1 Å². The molecule has 1 fully saturated rings. The summed E-state index contributed by atoms with van der Waals surface area (Å²) in [5, 5.41) is 11.7. The maximum absolute atomic E-state index is 13.3. The largest absolute Gasteiger partial charge is 0.396 e. The zero-order valence-electron chi connectivity index (χ0n) is 10.6. The van der Waals surface area contributed by atoms with Crippen molar-refractivity contribution in [3.63, 3.8) is 0 Å². The molecule has 1 atom stereocenters. The van der Waals surface area contributed by atoms with Gasteiger partial charge < -0.3 is 15.3 Å². The third-order valence-electron chi connectivity index (χ3n) is 3.10. The standard InChI is InChI=1S/C13H14ClFN2O3/c14-9-5-8(6-10(15)7-9)13(20)17-3-2-16-12(19)11(17)1-4-18/h5-7,11,18H,1-4H2,(H,16,19). The summed E-state index contributed by atoms with van der Waals surface area (Å²) in [6.45, 7) is 0.421. The van der Waals surface area contributed by atoms with Crippen LogP contribution in [-0.4, -0.2) is 47.6 Å². The first-order valence-corrected chi connectivity index (χ1v) is 6.56. The fraction of sp³-hybridized carbons (Fsp3) is 0.385. The molecule has 0 aliphatic carbocycles. The summed E-state index contributed by atoms with van der Waals surface area (Å²) in [6, 6.07) is 2.79. The number of halogens is 2. The SMILES string of the molecule is O=C1NCCN(C(=O)c2cc(F)cc(Cl)c2)C1CCO.